The Morgan fingerprint density at radius 2 is 2.55 bits per heavy atom. The number of anilines is 1. The van der Waals surface area contributed by atoms with Gasteiger partial charge in [0.2, 0.25) is 0 Å². The Morgan fingerprint density at radius 3 is 3.00 bits per heavy atom. The molecular weight excluding hydrogens is 146 g/mol. The van der Waals surface area contributed by atoms with E-state index in [-0.39, 0.29) is 6.42 Å². The summed E-state index contributed by atoms with van der Waals surface area (Å²) >= 11 is 0. The van der Waals surface area contributed by atoms with Crippen LogP contribution in [0.15, 0.2) is 12.3 Å². The summed E-state index contributed by atoms with van der Waals surface area (Å²) in [5, 5.41) is 12.1. The molecule has 3 N–H and O–H groups in total. The predicted molar refractivity (Wildman–Crippen MR) is 38.9 cm³/mol. The van der Waals surface area contributed by atoms with Gasteiger partial charge in [0.15, 0.2) is 0 Å². The Morgan fingerprint density at radius 1 is 1.82 bits per heavy atom. The number of rotatable bonds is 3. The molecule has 0 saturated carbocycles. The zero-order valence-corrected chi connectivity index (χ0v) is 5.90. The maximum absolute atomic E-state index is 10.1. The quantitative estimate of drug-likeness (QED) is 0.640. The number of nitrogens with zero attached hydrogens (tertiary/aromatic N) is 2. The Hall–Kier alpha value is -1.52. The van der Waals surface area contributed by atoms with E-state index in [9.17, 15) is 4.79 Å². The van der Waals surface area contributed by atoms with Gasteiger partial charge in [-0.1, -0.05) is 0 Å². The Labute approximate surface area is 63.4 Å². The van der Waals surface area contributed by atoms with Crippen LogP contribution in [0.1, 0.15) is 6.42 Å². The van der Waals surface area contributed by atoms with E-state index < -0.39 is 5.97 Å². The van der Waals surface area contributed by atoms with Crippen molar-refractivity contribution in [2.45, 2.75) is 13.0 Å². The Balaban J connectivity index is 2.51. The van der Waals surface area contributed by atoms with Crippen molar-refractivity contribution in [3.05, 3.63) is 12.3 Å². The van der Waals surface area contributed by atoms with Crippen molar-refractivity contribution in [3.63, 3.8) is 0 Å². The molecule has 0 aliphatic rings. The minimum Gasteiger partial charge on any atom is -0.481 e. The lowest BCUT2D eigenvalue weighted by atomic mass is 10.4. The molecule has 0 unspecified atom stereocenters. The molecule has 5 heteroatoms. The maximum Gasteiger partial charge on any atom is 0.305 e. The number of aromatic nitrogens is 2. The van der Waals surface area contributed by atoms with Crippen LogP contribution in [0.2, 0.25) is 0 Å². The van der Waals surface area contributed by atoms with Gasteiger partial charge in [0.05, 0.1) is 19.2 Å². The molecule has 0 radical (unpaired) electrons. The predicted octanol–water partition coefficient (Wildman–Crippen LogP) is -0.0600. The lowest BCUT2D eigenvalue weighted by molar-refractivity contribution is -0.137. The minimum absolute atomic E-state index is 0.0475. The fourth-order valence-electron chi connectivity index (χ4n) is 0.731. The van der Waals surface area contributed by atoms with E-state index in [1.54, 1.807) is 6.07 Å². The second kappa shape index (κ2) is 3.05. The van der Waals surface area contributed by atoms with Crippen molar-refractivity contribution in [3.8, 4) is 0 Å². The third-order valence-corrected chi connectivity index (χ3v) is 1.29. The average Bonchev–Trinajstić information content (AvgIpc) is 2.31. The summed E-state index contributed by atoms with van der Waals surface area (Å²) in [6, 6.07) is 1.63. The first-order valence-electron chi connectivity index (χ1n) is 3.19. The van der Waals surface area contributed by atoms with E-state index in [4.69, 9.17) is 10.8 Å². The van der Waals surface area contributed by atoms with Crippen molar-refractivity contribution in [2.24, 2.45) is 0 Å². The van der Waals surface area contributed by atoms with Gasteiger partial charge in [-0.25, -0.2) is 4.68 Å². The molecule has 0 fully saturated rings. The first-order chi connectivity index (χ1) is 5.20. The van der Waals surface area contributed by atoms with Crippen molar-refractivity contribution >= 4 is 11.8 Å². The van der Waals surface area contributed by atoms with E-state index in [0.717, 1.165) is 0 Å². The lowest BCUT2D eigenvalue weighted by Crippen LogP contribution is -2.08. The van der Waals surface area contributed by atoms with Gasteiger partial charge >= 0.3 is 5.97 Å². The largest absolute Gasteiger partial charge is 0.481 e. The van der Waals surface area contributed by atoms with Crippen molar-refractivity contribution in [2.75, 3.05) is 5.73 Å². The molecule has 0 aliphatic heterocycles. The molecular formula is C6H9N3O2. The number of carboxylic acids is 1. The molecule has 0 saturated heterocycles. The van der Waals surface area contributed by atoms with Crippen LogP contribution in [0.5, 0.6) is 0 Å². The normalized spacial score (nSPS) is 9.82. The van der Waals surface area contributed by atoms with Crippen LogP contribution in [0.4, 0.5) is 5.82 Å². The first kappa shape index (κ1) is 7.59. The minimum atomic E-state index is -0.847. The second-order valence-electron chi connectivity index (χ2n) is 2.12. The summed E-state index contributed by atoms with van der Waals surface area (Å²) in [7, 11) is 0. The summed E-state index contributed by atoms with van der Waals surface area (Å²) in [6.45, 7) is 0.328. The highest BCUT2D eigenvalue weighted by Crippen LogP contribution is 2.00. The molecule has 1 heterocycles. The zero-order chi connectivity index (χ0) is 8.27. The molecule has 0 amide bonds. The average molecular weight is 155 g/mol. The Bertz CT molecular complexity index is 256. The summed E-state index contributed by atoms with van der Waals surface area (Å²) < 4.78 is 1.45. The number of aryl methyl sites for hydroxylation is 1. The number of nitrogen functional groups attached to an aromatic ring is 1. The van der Waals surface area contributed by atoms with Gasteiger partial charge in [0.1, 0.15) is 5.82 Å². The fourth-order valence-corrected chi connectivity index (χ4v) is 0.731. The van der Waals surface area contributed by atoms with Gasteiger partial charge in [-0.15, -0.1) is 0 Å². The highest BCUT2D eigenvalue weighted by atomic mass is 16.4. The molecule has 1 aromatic heterocycles. The second-order valence-corrected chi connectivity index (χ2v) is 2.12. The van der Waals surface area contributed by atoms with Crippen LogP contribution in [0.25, 0.3) is 0 Å². The van der Waals surface area contributed by atoms with Crippen molar-refractivity contribution in [1.82, 2.24) is 9.78 Å². The molecule has 60 valence electrons. The van der Waals surface area contributed by atoms with E-state index in [1.807, 2.05) is 0 Å². The molecule has 1 rings (SSSR count). The van der Waals surface area contributed by atoms with Crippen LogP contribution < -0.4 is 5.73 Å². The van der Waals surface area contributed by atoms with Crippen molar-refractivity contribution in [1.29, 1.82) is 0 Å². The summed E-state index contributed by atoms with van der Waals surface area (Å²) in [6.07, 6.45) is 1.59. The van der Waals surface area contributed by atoms with Crippen LogP contribution in [0, 0.1) is 0 Å². The molecule has 5 nitrogen and oxygen atoms in total. The number of nitrogens with two attached hydrogens (primary N) is 1. The highest BCUT2D eigenvalue weighted by molar-refractivity contribution is 5.66. The first-order valence-corrected chi connectivity index (χ1v) is 3.19. The van der Waals surface area contributed by atoms with Crippen LogP contribution >= 0.6 is 0 Å². The molecule has 0 aliphatic carbocycles. The van der Waals surface area contributed by atoms with Gasteiger partial charge in [0.25, 0.3) is 0 Å². The number of aliphatic carboxylic acids is 1. The zero-order valence-electron chi connectivity index (χ0n) is 5.90. The molecule has 0 atom stereocenters. The highest BCUT2D eigenvalue weighted by Gasteiger charge is 2.00. The standard InChI is InChI=1S/C6H9N3O2/c7-5-1-3-8-9(5)4-2-6(10)11/h1,3H,2,4,7H2,(H,10,11). The van der Waals surface area contributed by atoms with Crippen LogP contribution in [0.3, 0.4) is 0 Å². The molecule has 0 spiro atoms. The summed E-state index contributed by atoms with van der Waals surface area (Å²) in [4.78, 5) is 10.1. The molecule has 0 bridgehead atoms. The third-order valence-electron chi connectivity index (χ3n) is 1.29. The Kier molecular flexibility index (Phi) is 2.10. The van der Waals surface area contributed by atoms with Crippen LogP contribution in [-0.2, 0) is 11.3 Å². The van der Waals surface area contributed by atoms with Gasteiger partial charge in [0, 0.05) is 0 Å². The number of carbonyl (C=O) groups is 1. The molecule has 11 heavy (non-hydrogen) atoms. The van der Waals surface area contributed by atoms with E-state index in [0.29, 0.717) is 12.4 Å². The SMILES string of the molecule is Nc1ccnn1CCC(=O)O. The smallest absolute Gasteiger partial charge is 0.305 e. The van der Waals surface area contributed by atoms with Gasteiger partial charge < -0.3 is 10.8 Å². The summed E-state index contributed by atoms with van der Waals surface area (Å²) in [5.41, 5.74) is 5.43. The lowest BCUT2D eigenvalue weighted by Gasteiger charge is -1.99. The maximum atomic E-state index is 10.1. The topological polar surface area (TPSA) is 81.1 Å². The van der Waals surface area contributed by atoms with E-state index >= 15 is 0 Å². The summed E-state index contributed by atoms with van der Waals surface area (Å²) in [5.74, 6) is -0.355. The number of hydrogen-bond donors (Lipinski definition) is 2. The monoisotopic (exact) mass is 155 g/mol. The third kappa shape index (κ3) is 1.96. The van der Waals surface area contributed by atoms with E-state index in [2.05, 4.69) is 5.10 Å². The van der Waals surface area contributed by atoms with Gasteiger partial charge in [-0.3, -0.25) is 4.79 Å². The van der Waals surface area contributed by atoms with E-state index in [1.165, 1.54) is 10.9 Å². The fraction of sp³-hybridized carbons (Fsp3) is 0.333. The number of carboxylic acid groups (broad SMARTS) is 1. The van der Waals surface area contributed by atoms with Gasteiger partial charge in [-0.2, -0.15) is 5.10 Å². The van der Waals surface area contributed by atoms with Crippen LogP contribution in [-0.4, -0.2) is 20.9 Å². The molecule has 0 aromatic carbocycles. The van der Waals surface area contributed by atoms with Crippen molar-refractivity contribution < 1.29 is 9.90 Å². The van der Waals surface area contributed by atoms with Gasteiger partial charge in [-0.05, 0) is 6.07 Å². The number of hydrogen-bond acceptors (Lipinski definition) is 3. The molecule has 1 aromatic rings.